The summed E-state index contributed by atoms with van der Waals surface area (Å²) in [4.78, 5) is 25.2. The van der Waals surface area contributed by atoms with Gasteiger partial charge in [0.1, 0.15) is 6.54 Å². The van der Waals surface area contributed by atoms with Crippen LogP contribution in [0.25, 0.3) is 5.70 Å². The fourth-order valence-electron chi connectivity index (χ4n) is 2.01. The summed E-state index contributed by atoms with van der Waals surface area (Å²) in [5, 5.41) is 11.3. The second-order valence-electron chi connectivity index (χ2n) is 4.31. The maximum Gasteiger partial charge on any atom is 0.259 e. The van der Waals surface area contributed by atoms with Crippen molar-refractivity contribution in [3.05, 3.63) is 42.0 Å². The van der Waals surface area contributed by atoms with Crippen LogP contribution < -0.4 is 5.32 Å². The Morgan fingerprint density at radius 3 is 2.63 bits per heavy atom. The molecule has 2 N–H and O–H groups in total. The SMILES string of the molecule is C=C1c2ccccc2C(=O)N1CC(=O)NCCCO. The number of carbonyl (C=O) groups is 2. The van der Waals surface area contributed by atoms with Gasteiger partial charge in [0.15, 0.2) is 0 Å². The number of aliphatic hydroxyl groups is 1. The second-order valence-corrected chi connectivity index (χ2v) is 4.31. The van der Waals surface area contributed by atoms with Crippen molar-refractivity contribution in [3.8, 4) is 0 Å². The van der Waals surface area contributed by atoms with Crippen LogP contribution in [0.15, 0.2) is 30.8 Å². The predicted molar refractivity (Wildman–Crippen MR) is 71.2 cm³/mol. The van der Waals surface area contributed by atoms with E-state index in [0.717, 1.165) is 5.56 Å². The normalized spacial score (nSPS) is 13.6. The average molecular weight is 260 g/mol. The lowest BCUT2D eigenvalue weighted by Gasteiger charge is -2.16. The molecule has 0 radical (unpaired) electrons. The van der Waals surface area contributed by atoms with Gasteiger partial charge in [-0.1, -0.05) is 24.8 Å². The first kappa shape index (κ1) is 13.3. The summed E-state index contributed by atoms with van der Waals surface area (Å²) >= 11 is 0. The number of amides is 2. The molecule has 0 saturated carbocycles. The monoisotopic (exact) mass is 260 g/mol. The minimum absolute atomic E-state index is 0.0288. The maximum absolute atomic E-state index is 12.1. The Morgan fingerprint density at radius 1 is 1.32 bits per heavy atom. The molecule has 0 saturated heterocycles. The van der Waals surface area contributed by atoms with E-state index in [1.54, 1.807) is 12.1 Å². The molecule has 1 heterocycles. The maximum atomic E-state index is 12.1. The van der Waals surface area contributed by atoms with Crippen LogP contribution in [0, 0.1) is 0 Å². The third kappa shape index (κ3) is 2.66. The number of carbonyl (C=O) groups excluding carboxylic acids is 2. The van der Waals surface area contributed by atoms with Crippen LogP contribution in [-0.2, 0) is 4.79 Å². The molecule has 0 aliphatic carbocycles. The Bertz CT molecular complexity index is 490. The Hall–Kier alpha value is -2.14. The van der Waals surface area contributed by atoms with Crippen molar-refractivity contribution in [3.63, 3.8) is 0 Å². The zero-order chi connectivity index (χ0) is 13.8. The lowest BCUT2D eigenvalue weighted by molar-refractivity contribution is -0.121. The van der Waals surface area contributed by atoms with Crippen LogP contribution in [0.5, 0.6) is 0 Å². The highest BCUT2D eigenvalue weighted by Gasteiger charge is 2.31. The Kier molecular flexibility index (Phi) is 3.97. The fourth-order valence-corrected chi connectivity index (χ4v) is 2.01. The third-order valence-corrected chi connectivity index (χ3v) is 3.00. The highest BCUT2D eigenvalue weighted by molar-refractivity contribution is 6.10. The summed E-state index contributed by atoms with van der Waals surface area (Å²) in [6, 6.07) is 7.17. The minimum atomic E-state index is -0.254. The van der Waals surface area contributed by atoms with Crippen molar-refractivity contribution in [1.29, 1.82) is 0 Å². The molecular formula is C14H16N2O3. The van der Waals surface area contributed by atoms with Crippen LogP contribution in [0.2, 0.25) is 0 Å². The molecule has 0 fully saturated rings. The summed E-state index contributed by atoms with van der Waals surface area (Å²) < 4.78 is 0. The molecule has 1 aliphatic rings. The van der Waals surface area contributed by atoms with Gasteiger partial charge in [-0.2, -0.15) is 0 Å². The van der Waals surface area contributed by atoms with Crippen molar-refractivity contribution in [2.24, 2.45) is 0 Å². The number of benzene rings is 1. The highest BCUT2D eigenvalue weighted by atomic mass is 16.3. The average Bonchev–Trinajstić information content (AvgIpc) is 2.65. The number of fused-ring (bicyclic) bond motifs is 1. The highest BCUT2D eigenvalue weighted by Crippen LogP contribution is 2.30. The topological polar surface area (TPSA) is 69.6 Å². The summed E-state index contributed by atoms with van der Waals surface area (Å²) in [6.45, 7) is 4.25. The van der Waals surface area contributed by atoms with Gasteiger partial charge in [0.05, 0.1) is 0 Å². The van der Waals surface area contributed by atoms with Gasteiger partial charge in [-0.15, -0.1) is 0 Å². The molecule has 2 rings (SSSR count). The number of hydrogen-bond donors (Lipinski definition) is 2. The minimum Gasteiger partial charge on any atom is -0.396 e. The molecule has 5 nitrogen and oxygen atoms in total. The zero-order valence-corrected chi connectivity index (χ0v) is 10.6. The predicted octanol–water partition coefficient (Wildman–Crippen LogP) is 0.612. The van der Waals surface area contributed by atoms with Gasteiger partial charge >= 0.3 is 0 Å². The van der Waals surface area contributed by atoms with Crippen LogP contribution in [0.1, 0.15) is 22.3 Å². The lowest BCUT2D eigenvalue weighted by atomic mass is 10.1. The van der Waals surface area contributed by atoms with E-state index in [4.69, 9.17) is 5.11 Å². The first-order valence-electron chi connectivity index (χ1n) is 6.13. The molecule has 0 spiro atoms. The molecule has 1 aromatic rings. The first-order chi connectivity index (χ1) is 9.15. The molecule has 0 atom stereocenters. The van der Waals surface area contributed by atoms with Crippen molar-refractivity contribution < 1.29 is 14.7 Å². The number of nitrogens with one attached hydrogen (secondary N) is 1. The van der Waals surface area contributed by atoms with Crippen molar-refractivity contribution >= 4 is 17.5 Å². The number of hydrogen-bond acceptors (Lipinski definition) is 3. The summed E-state index contributed by atoms with van der Waals surface area (Å²) in [5.41, 5.74) is 1.91. The molecule has 0 unspecified atom stereocenters. The van der Waals surface area contributed by atoms with Gasteiger partial charge in [-0.25, -0.2) is 0 Å². The van der Waals surface area contributed by atoms with E-state index in [1.807, 2.05) is 12.1 Å². The molecule has 19 heavy (non-hydrogen) atoms. The van der Waals surface area contributed by atoms with Gasteiger partial charge in [0.2, 0.25) is 5.91 Å². The van der Waals surface area contributed by atoms with E-state index in [1.165, 1.54) is 4.90 Å². The van der Waals surface area contributed by atoms with Crippen LogP contribution in [-0.4, -0.2) is 41.5 Å². The van der Waals surface area contributed by atoms with Crippen molar-refractivity contribution in [2.75, 3.05) is 19.7 Å². The smallest absolute Gasteiger partial charge is 0.259 e. The quantitative estimate of drug-likeness (QED) is 0.762. The first-order valence-corrected chi connectivity index (χ1v) is 6.13. The molecular weight excluding hydrogens is 244 g/mol. The second kappa shape index (κ2) is 5.67. The summed E-state index contributed by atoms with van der Waals surface area (Å²) in [6.07, 6.45) is 0.501. The number of rotatable bonds is 5. The Morgan fingerprint density at radius 2 is 2.00 bits per heavy atom. The number of aliphatic hydroxyl groups excluding tert-OH is 1. The van der Waals surface area contributed by atoms with Crippen LogP contribution >= 0.6 is 0 Å². The summed E-state index contributed by atoms with van der Waals surface area (Å²) in [5.74, 6) is -0.450. The van der Waals surface area contributed by atoms with E-state index >= 15 is 0 Å². The van der Waals surface area contributed by atoms with E-state index in [-0.39, 0.29) is 25.0 Å². The fraction of sp³-hybridized carbons (Fsp3) is 0.286. The zero-order valence-electron chi connectivity index (χ0n) is 10.6. The summed E-state index contributed by atoms with van der Waals surface area (Å²) in [7, 11) is 0. The van der Waals surface area contributed by atoms with E-state index in [0.29, 0.717) is 24.2 Å². The molecule has 5 heteroatoms. The van der Waals surface area contributed by atoms with Gasteiger partial charge in [-0.3, -0.25) is 14.5 Å². The third-order valence-electron chi connectivity index (χ3n) is 3.00. The van der Waals surface area contributed by atoms with Gasteiger partial charge in [0.25, 0.3) is 5.91 Å². The van der Waals surface area contributed by atoms with E-state index in [2.05, 4.69) is 11.9 Å². The van der Waals surface area contributed by atoms with Gasteiger partial charge in [0, 0.05) is 30.0 Å². The number of nitrogens with zero attached hydrogens (tertiary/aromatic N) is 1. The van der Waals surface area contributed by atoms with Gasteiger partial charge < -0.3 is 10.4 Å². The van der Waals surface area contributed by atoms with E-state index in [9.17, 15) is 9.59 Å². The van der Waals surface area contributed by atoms with E-state index < -0.39 is 0 Å². The van der Waals surface area contributed by atoms with Crippen LogP contribution in [0.3, 0.4) is 0 Å². The van der Waals surface area contributed by atoms with Crippen LogP contribution in [0.4, 0.5) is 0 Å². The molecule has 1 aliphatic heterocycles. The lowest BCUT2D eigenvalue weighted by Crippen LogP contribution is -2.37. The molecule has 1 aromatic carbocycles. The Balaban J connectivity index is 2.02. The molecule has 100 valence electrons. The van der Waals surface area contributed by atoms with Crippen molar-refractivity contribution in [1.82, 2.24) is 10.2 Å². The van der Waals surface area contributed by atoms with Crippen molar-refractivity contribution in [2.45, 2.75) is 6.42 Å². The molecule has 0 bridgehead atoms. The van der Waals surface area contributed by atoms with Gasteiger partial charge in [-0.05, 0) is 12.5 Å². The largest absolute Gasteiger partial charge is 0.396 e. The Labute approximate surface area is 111 Å². The molecule has 2 amide bonds. The molecule has 0 aromatic heterocycles. The standard InChI is InChI=1S/C14H16N2O3/c1-10-11-5-2-3-6-12(11)14(19)16(10)9-13(18)15-7-4-8-17/h2-3,5-6,17H,1,4,7-9H2,(H,15,18).